The van der Waals surface area contributed by atoms with Crippen molar-refractivity contribution in [2.24, 2.45) is 0 Å². The van der Waals surface area contributed by atoms with Gasteiger partial charge in [-0.1, -0.05) is 0 Å². The third kappa shape index (κ3) is 18.0. The maximum Gasteiger partial charge on any atom is 0.253 e. The van der Waals surface area contributed by atoms with Gasteiger partial charge in [0.2, 0.25) is 5.91 Å². The molecule has 1 amide bonds. The van der Waals surface area contributed by atoms with Gasteiger partial charge in [0.1, 0.15) is 62.9 Å². The van der Waals surface area contributed by atoms with Crippen LogP contribution in [-0.4, -0.2) is 190 Å². The number of hydrogen-bond donors (Lipinski definition) is 11. The van der Waals surface area contributed by atoms with Crippen molar-refractivity contribution in [2.45, 2.75) is 70.3 Å². The predicted octanol–water partition coefficient (Wildman–Crippen LogP) is -0.924. The smallest absolute Gasteiger partial charge is 0.253 e. The second-order valence-corrected chi connectivity index (χ2v) is 22.5. The van der Waals surface area contributed by atoms with Gasteiger partial charge in [-0.25, -0.2) is 0 Å². The van der Waals surface area contributed by atoms with Gasteiger partial charge in [0.15, 0.2) is 0 Å². The maximum absolute atomic E-state index is 13.4. The molecule has 0 unspecified atom stereocenters. The molecule has 1 aliphatic heterocycles. The molecule has 0 aliphatic carbocycles. The van der Waals surface area contributed by atoms with Crippen LogP contribution in [0.15, 0.2) is 47.9 Å². The standard InChI is InChI=1S/C56H85N15O11S/c1-68-26-7-18-58-37-36(46(72)47(37)73)57-16-6-17-66-56(82)35(15-34-83-5)67-45-44(54(80)55(45)81)65-25-14-33-71(4)32-13-24-64-43-42(52(78)53(43)79)63-23-12-31-70(3)30-11-22-62-41-40(50(76)51(41)77)61-21-10-29-69(2)28-9-20-60-39-38(48(74)49(39)75)59-19-8-27-68/h35,57-65,67H,6-34H2,1-5H3,(H,66,82)/t35-/m0/s1. The van der Waals surface area contributed by atoms with Crippen LogP contribution in [0.25, 0.3) is 0 Å². The third-order valence-electron chi connectivity index (χ3n) is 14.9. The Hall–Kier alpha value is -6.94. The van der Waals surface area contributed by atoms with E-state index in [0.29, 0.717) is 171 Å². The number of nitrogens with one attached hydrogen (secondary N) is 11. The summed E-state index contributed by atoms with van der Waals surface area (Å²) < 4.78 is 0. The Labute approximate surface area is 486 Å². The number of carbonyl (C=O) groups excluding carboxylic acids is 1. The molecule has 0 spiro atoms. The molecule has 83 heavy (non-hydrogen) atoms. The molecule has 0 fully saturated rings. The summed E-state index contributed by atoms with van der Waals surface area (Å²) in [7, 11) is 7.87. The third-order valence-corrected chi connectivity index (χ3v) is 15.5. The van der Waals surface area contributed by atoms with E-state index in [1.807, 2.05) is 34.4 Å². The van der Waals surface area contributed by atoms with E-state index in [2.05, 4.69) is 78.1 Å². The predicted molar refractivity (Wildman–Crippen MR) is 338 cm³/mol. The lowest BCUT2D eigenvalue weighted by Gasteiger charge is -2.22. The molecule has 1 aliphatic rings. The fourth-order valence-electron chi connectivity index (χ4n) is 9.88. The van der Waals surface area contributed by atoms with Crippen LogP contribution >= 0.6 is 11.8 Å². The Balaban J connectivity index is 0.975. The highest BCUT2D eigenvalue weighted by molar-refractivity contribution is 7.98. The van der Waals surface area contributed by atoms with Crippen molar-refractivity contribution in [2.75, 3.05) is 211 Å². The highest BCUT2D eigenvalue weighted by atomic mass is 32.2. The minimum Gasteiger partial charge on any atom is -0.380 e. The molecule has 27 heteroatoms. The van der Waals surface area contributed by atoms with Crippen LogP contribution in [0.3, 0.4) is 0 Å². The lowest BCUT2D eigenvalue weighted by atomic mass is 10.1. The molecule has 0 saturated carbocycles. The van der Waals surface area contributed by atoms with E-state index in [-0.39, 0.29) is 40.9 Å². The van der Waals surface area contributed by atoms with E-state index in [9.17, 15) is 52.7 Å². The van der Waals surface area contributed by atoms with Crippen LogP contribution in [0.2, 0.25) is 0 Å². The summed E-state index contributed by atoms with van der Waals surface area (Å²) in [5, 5.41) is 33.8. The fraction of sp³-hybridized carbons (Fsp3) is 0.625. The molecule has 6 rings (SSSR count). The first kappa shape index (κ1) is 65.2. The van der Waals surface area contributed by atoms with Crippen LogP contribution in [0, 0.1) is 0 Å². The van der Waals surface area contributed by atoms with Crippen LogP contribution in [0.4, 0.5) is 56.9 Å². The van der Waals surface area contributed by atoms with E-state index >= 15 is 0 Å². The van der Waals surface area contributed by atoms with E-state index in [4.69, 9.17) is 0 Å². The van der Waals surface area contributed by atoms with Gasteiger partial charge in [0.25, 0.3) is 54.3 Å². The second-order valence-electron chi connectivity index (χ2n) is 21.5. The molecule has 26 nitrogen and oxygen atoms in total. The first-order valence-corrected chi connectivity index (χ1v) is 30.4. The highest BCUT2D eigenvalue weighted by Gasteiger charge is 2.28. The Bertz CT molecular complexity index is 3270. The molecule has 0 aromatic heterocycles. The molecule has 5 aromatic rings. The zero-order valence-electron chi connectivity index (χ0n) is 48.8. The molecular weight excluding hydrogens is 1090 g/mol. The Morgan fingerprint density at radius 1 is 0.301 bits per heavy atom. The van der Waals surface area contributed by atoms with Gasteiger partial charge < -0.3 is 78.1 Å². The maximum atomic E-state index is 13.4. The molecule has 456 valence electrons. The number of anilines is 10. The first-order valence-electron chi connectivity index (χ1n) is 29.0. The van der Waals surface area contributed by atoms with Crippen LogP contribution in [-0.2, 0) is 4.79 Å². The van der Waals surface area contributed by atoms with Crippen molar-refractivity contribution in [3.63, 3.8) is 0 Å². The van der Waals surface area contributed by atoms with Crippen molar-refractivity contribution in [3.05, 3.63) is 102 Å². The van der Waals surface area contributed by atoms with Gasteiger partial charge in [-0.05, 0) is 157 Å². The summed E-state index contributed by atoms with van der Waals surface area (Å²) in [4.78, 5) is 147. The van der Waals surface area contributed by atoms with Crippen molar-refractivity contribution in [1.29, 1.82) is 0 Å². The first-order chi connectivity index (χ1) is 39.9. The van der Waals surface area contributed by atoms with E-state index < -0.39 is 60.3 Å². The molecular formula is C56H85N15O11S. The molecule has 5 aromatic carbocycles. The lowest BCUT2D eigenvalue weighted by Crippen LogP contribution is -2.45. The summed E-state index contributed by atoms with van der Waals surface area (Å²) in [5.74, 6) is 0.268. The average molecular weight is 1180 g/mol. The molecule has 0 radical (unpaired) electrons. The second kappa shape index (κ2) is 32.8. The largest absolute Gasteiger partial charge is 0.380 e. The van der Waals surface area contributed by atoms with Crippen LogP contribution < -0.4 is 113 Å². The van der Waals surface area contributed by atoms with Gasteiger partial charge in [-0.15, -0.1) is 0 Å². The van der Waals surface area contributed by atoms with Crippen molar-refractivity contribution in [3.8, 4) is 0 Å². The van der Waals surface area contributed by atoms with E-state index in [1.165, 1.54) is 11.8 Å². The summed E-state index contributed by atoms with van der Waals surface area (Å²) in [6, 6.07) is -0.784. The van der Waals surface area contributed by atoms with E-state index in [0.717, 1.165) is 39.0 Å². The minimum absolute atomic E-state index is 0.0769. The summed E-state index contributed by atoms with van der Waals surface area (Å²) in [5.41, 5.74) is -3.38. The molecule has 0 saturated heterocycles. The molecule has 1 atom stereocenters. The zero-order chi connectivity index (χ0) is 60.0. The highest BCUT2D eigenvalue weighted by Crippen LogP contribution is 2.20. The normalized spacial score (nSPS) is 19.5. The quantitative estimate of drug-likeness (QED) is 0.0973. The van der Waals surface area contributed by atoms with Crippen LogP contribution in [0.1, 0.15) is 64.2 Å². The number of rotatable bonds is 3. The van der Waals surface area contributed by atoms with Gasteiger partial charge in [-0.2, -0.15) is 11.8 Å². The topological polar surface area (TPSA) is 333 Å². The Morgan fingerprint density at radius 2 is 0.494 bits per heavy atom. The number of amides is 1. The monoisotopic (exact) mass is 1180 g/mol. The zero-order valence-corrected chi connectivity index (χ0v) is 49.6. The van der Waals surface area contributed by atoms with E-state index in [1.54, 1.807) is 0 Å². The SMILES string of the molecule is CSCC[C@@H]1Nc2c(c(=O)c2=O)NCCCN(C)CCCNc2c(c(=O)c2=O)NCCCN(C)CCCNc2c(c(=O)c2=O)NCCCN(C)CCCNc2c(c(=O)c2=O)NCCCN(C)CCCNc2c(c(=O)c2=O)NCCCNC1=O. The molecule has 1 heterocycles. The van der Waals surface area contributed by atoms with Gasteiger partial charge in [0.05, 0.1) is 0 Å². The number of carbonyl (C=O) groups is 1. The van der Waals surface area contributed by atoms with Gasteiger partial charge in [0, 0.05) is 65.4 Å². The fourth-order valence-corrected chi connectivity index (χ4v) is 10.3. The summed E-state index contributed by atoms with van der Waals surface area (Å²) >= 11 is 1.54. The minimum atomic E-state index is -0.784. The van der Waals surface area contributed by atoms with Crippen LogP contribution in [0.5, 0.6) is 0 Å². The van der Waals surface area contributed by atoms with Gasteiger partial charge >= 0.3 is 0 Å². The molecule has 0 bridgehead atoms. The average Bonchev–Trinajstić information content (AvgIpc) is 3.61. The number of nitrogens with zero attached hydrogens (tertiary/aromatic N) is 4. The van der Waals surface area contributed by atoms with Crippen molar-refractivity contribution in [1.82, 2.24) is 24.9 Å². The number of thioether (sulfide) groups is 1. The Kier molecular flexibility index (Phi) is 25.8. The summed E-state index contributed by atoms with van der Waals surface area (Å²) in [6.45, 7) is 9.97. The molecule has 11 N–H and O–H groups in total. The van der Waals surface area contributed by atoms with Crippen molar-refractivity contribution >= 4 is 74.5 Å². The number of fused-ring (bicyclic) bond motifs is 5. The van der Waals surface area contributed by atoms with Crippen molar-refractivity contribution < 1.29 is 4.79 Å². The number of hydrogen-bond acceptors (Lipinski definition) is 26. The summed E-state index contributed by atoms with van der Waals surface area (Å²) in [6.07, 6.45) is 8.30. The van der Waals surface area contributed by atoms with Gasteiger partial charge in [-0.3, -0.25) is 52.7 Å². The Morgan fingerprint density at radius 3 is 0.723 bits per heavy atom. The lowest BCUT2D eigenvalue weighted by molar-refractivity contribution is -0.121.